The van der Waals surface area contributed by atoms with Crippen LogP contribution < -0.4 is 41.0 Å². The van der Waals surface area contributed by atoms with Crippen molar-refractivity contribution in [3.05, 3.63) is 240 Å². The third kappa shape index (κ3) is 8.94. The van der Waals surface area contributed by atoms with Crippen LogP contribution in [0.2, 0.25) is 15.1 Å². The van der Waals surface area contributed by atoms with Gasteiger partial charge in [-0.05, 0) is 82.3 Å². The molecule has 0 radical (unpaired) electrons. The van der Waals surface area contributed by atoms with Gasteiger partial charge in [-0.2, -0.15) is 0 Å². The molecule has 0 aliphatic heterocycles. The van der Waals surface area contributed by atoms with Crippen molar-refractivity contribution in [2.45, 2.75) is 76.4 Å². The number of hydrogen-bond acceptors (Lipinski definition) is 6. The van der Waals surface area contributed by atoms with Gasteiger partial charge in [-0.15, -0.1) is 0 Å². The molecule has 3 N–H and O–H groups in total. The minimum Gasteiger partial charge on any atom is -0.533 e. The smallest absolute Gasteiger partial charge is 0.319 e. The Morgan fingerprint density at radius 2 is 0.806 bits per heavy atom. The van der Waals surface area contributed by atoms with Gasteiger partial charge in [0.15, 0.2) is 5.76 Å². The van der Waals surface area contributed by atoms with Crippen LogP contribution in [0.5, 0.6) is 11.5 Å². The van der Waals surface area contributed by atoms with Crippen LogP contribution in [0.25, 0.3) is 22.3 Å². The van der Waals surface area contributed by atoms with Gasteiger partial charge in [0.2, 0.25) is 11.2 Å². The van der Waals surface area contributed by atoms with Crippen molar-refractivity contribution in [1.82, 2.24) is 0 Å². The van der Waals surface area contributed by atoms with Gasteiger partial charge in [-0.1, -0.05) is 255 Å². The summed E-state index contributed by atoms with van der Waals surface area (Å²) in [4.78, 5) is 41.3. The molecule has 0 atom stereocenters. The Balaban J connectivity index is 1.20. The molecule has 1 heterocycles. The fourth-order valence-electron chi connectivity index (χ4n) is 11.2. The summed E-state index contributed by atoms with van der Waals surface area (Å²) in [5, 5.41) is 16.2. The average molecular weight is 1000 g/mol. The number of benzene rings is 8. The van der Waals surface area contributed by atoms with Crippen LogP contribution in [0.4, 0.5) is 0 Å². The van der Waals surface area contributed by atoms with Crippen LogP contribution in [0.1, 0.15) is 59.6 Å². The minimum absolute atomic E-state index is 0.0463. The third-order valence-electron chi connectivity index (χ3n) is 14.9. The van der Waals surface area contributed by atoms with Crippen LogP contribution >= 0.6 is 0 Å². The number of rotatable bonds is 15. The normalized spacial score (nSPS) is 12.7. The SMILES string of the molecule is CC(C)(Cc1ccc(-c2oc3cc(CC(C)(C)[Si](O)(c4ccccc4)c4ccccc4)cc(O[Si](c4ccccc4)(c4ccccc4)C(C)(C)C)c3c(=O)c2O)cc1)[Si](O)(c1ccccc1)c1ccccc1. The summed E-state index contributed by atoms with van der Waals surface area (Å²) >= 11 is 0. The van der Waals surface area contributed by atoms with E-state index in [-0.39, 0.29) is 16.7 Å². The maximum Gasteiger partial charge on any atom is 0.319 e. The molecule has 6 nitrogen and oxygen atoms in total. The molecule has 0 amide bonds. The molecular formula is C63H64O6Si3. The van der Waals surface area contributed by atoms with Crippen molar-refractivity contribution in [3.8, 4) is 22.8 Å². The van der Waals surface area contributed by atoms with E-state index in [1.54, 1.807) is 0 Å². The summed E-state index contributed by atoms with van der Waals surface area (Å²) in [5.74, 6) is -0.148. The lowest BCUT2D eigenvalue weighted by atomic mass is 9.98. The van der Waals surface area contributed by atoms with Gasteiger partial charge in [0.05, 0.1) is 0 Å². The zero-order valence-electron chi connectivity index (χ0n) is 42.3. The predicted octanol–water partition coefficient (Wildman–Crippen LogP) is 10.3. The lowest BCUT2D eigenvalue weighted by Crippen LogP contribution is -2.68. The van der Waals surface area contributed by atoms with Crippen molar-refractivity contribution in [2.75, 3.05) is 0 Å². The number of aromatic hydroxyl groups is 1. The van der Waals surface area contributed by atoms with Crippen molar-refractivity contribution in [3.63, 3.8) is 0 Å². The summed E-state index contributed by atoms with van der Waals surface area (Å²) in [6.07, 6.45) is 0.968. The van der Waals surface area contributed by atoms with Crippen molar-refractivity contribution in [1.29, 1.82) is 0 Å². The molecule has 9 heteroatoms. The average Bonchev–Trinajstić information content (AvgIpc) is 3.39. The maximum atomic E-state index is 15.1. The predicted molar refractivity (Wildman–Crippen MR) is 304 cm³/mol. The highest BCUT2D eigenvalue weighted by Gasteiger charge is 2.54. The second kappa shape index (κ2) is 19.6. The first-order chi connectivity index (χ1) is 34.4. The van der Waals surface area contributed by atoms with Crippen molar-refractivity contribution in [2.24, 2.45) is 0 Å². The molecule has 0 aliphatic carbocycles. The Labute approximate surface area is 427 Å². The molecule has 9 rings (SSSR count). The summed E-state index contributed by atoms with van der Waals surface area (Å²) < 4.78 is 14.5. The van der Waals surface area contributed by atoms with Gasteiger partial charge in [0, 0.05) is 5.56 Å². The molecule has 1 aromatic heterocycles. The fraction of sp³-hybridized carbons (Fsp3) is 0.190. The van der Waals surface area contributed by atoms with Gasteiger partial charge in [0.25, 0.3) is 16.6 Å². The van der Waals surface area contributed by atoms with E-state index in [2.05, 4.69) is 72.7 Å². The zero-order chi connectivity index (χ0) is 50.9. The quantitative estimate of drug-likeness (QED) is 0.0885. The lowest BCUT2D eigenvalue weighted by molar-refractivity contribution is 0.447. The van der Waals surface area contributed by atoms with E-state index in [1.165, 1.54) is 0 Å². The van der Waals surface area contributed by atoms with Gasteiger partial charge >= 0.3 is 8.32 Å². The third-order valence-corrected chi connectivity index (χ3v) is 28.8. The summed E-state index contributed by atoms with van der Waals surface area (Å²) in [5.41, 5.74) is 2.00. The summed E-state index contributed by atoms with van der Waals surface area (Å²) in [7, 11) is -10.2. The van der Waals surface area contributed by atoms with Crippen LogP contribution in [-0.4, -0.2) is 39.7 Å². The van der Waals surface area contributed by atoms with E-state index < -0.39 is 51.2 Å². The topological polar surface area (TPSA) is 100 Å². The first-order valence-corrected chi connectivity index (χ1v) is 30.6. The Morgan fingerprint density at radius 3 is 1.17 bits per heavy atom. The molecule has 72 heavy (non-hydrogen) atoms. The first kappa shape index (κ1) is 50.1. The molecule has 0 saturated heterocycles. The van der Waals surface area contributed by atoms with Gasteiger partial charge in [-0.25, -0.2) is 0 Å². The van der Waals surface area contributed by atoms with E-state index in [0.29, 0.717) is 24.2 Å². The molecule has 0 bridgehead atoms. The number of hydrogen-bond donors (Lipinski definition) is 3. The molecule has 0 spiro atoms. The van der Waals surface area contributed by atoms with Crippen LogP contribution in [0.15, 0.2) is 228 Å². The highest BCUT2D eigenvalue weighted by Crippen LogP contribution is 2.45. The highest BCUT2D eigenvalue weighted by molar-refractivity contribution is 7.00. The largest absolute Gasteiger partial charge is 0.533 e. The highest BCUT2D eigenvalue weighted by atomic mass is 28.4. The van der Waals surface area contributed by atoms with E-state index in [0.717, 1.165) is 42.2 Å². The van der Waals surface area contributed by atoms with Crippen LogP contribution in [0.3, 0.4) is 0 Å². The summed E-state index contributed by atoms with van der Waals surface area (Å²) in [6.45, 7) is 15.1. The van der Waals surface area contributed by atoms with Crippen LogP contribution in [0, 0.1) is 0 Å². The molecule has 8 aromatic carbocycles. The van der Waals surface area contributed by atoms with E-state index in [1.807, 2.05) is 194 Å². The maximum absolute atomic E-state index is 15.1. The first-order valence-electron chi connectivity index (χ1n) is 24.8. The standard InChI is InChI=1S/C63H64O6Si3/c1-61(2,3)72(53-34-22-12-23-35-53,54-36-24-13-25-37-54)69-56-43-47(45-63(6,7)71(67,51-30-18-10-19-31-51)52-32-20-11-21-33-52)42-55-57(56)58(64)59(65)60(68-55)48-40-38-46(39-41-48)44-62(4,5)70(66,49-26-14-8-15-27-49)50-28-16-9-17-29-50/h8-43,65-67H,44-45H2,1-7H3. The molecule has 364 valence electrons. The zero-order valence-corrected chi connectivity index (χ0v) is 45.3. The molecule has 0 fully saturated rings. The second-order valence-electron chi connectivity index (χ2n) is 21.5. The monoisotopic (exact) mass is 1000 g/mol. The van der Waals surface area contributed by atoms with E-state index >= 15 is 4.79 Å². The Kier molecular flexibility index (Phi) is 13.7. The van der Waals surface area contributed by atoms with Crippen LogP contribution in [-0.2, 0) is 12.8 Å². The molecular weight excluding hydrogens is 937 g/mol. The minimum atomic E-state index is -3.51. The molecule has 0 aliphatic rings. The Morgan fingerprint density at radius 1 is 0.458 bits per heavy atom. The number of fused-ring (bicyclic) bond motifs is 1. The van der Waals surface area contributed by atoms with Gasteiger partial charge in [-0.3, -0.25) is 4.79 Å². The Hall–Kier alpha value is -6.86. The second-order valence-corrected chi connectivity index (χ2v) is 33.6. The Bertz CT molecular complexity index is 3220. The van der Waals surface area contributed by atoms with E-state index in [9.17, 15) is 14.7 Å². The van der Waals surface area contributed by atoms with Gasteiger partial charge in [0.1, 0.15) is 16.7 Å². The van der Waals surface area contributed by atoms with Gasteiger partial charge < -0.3 is 23.5 Å². The molecule has 9 aromatic rings. The molecule has 0 unspecified atom stereocenters. The van der Waals surface area contributed by atoms with E-state index in [4.69, 9.17) is 8.84 Å². The summed E-state index contributed by atoms with van der Waals surface area (Å²) in [6, 6.07) is 72.0. The van der Waals surface area contributed by atoms with Crippen molar-refractivity contribution >= 4 is 67.0 Å². The lowest BCUT2D eigenvalue weighted by Gasteiger charge is -2.43. The fourth-order valence-corrected chi connectivity index (χ4v) is 23.0. The van der Waals surface area contributed by atoms with Crippen molar-refractivity contribution < 1.29 is 23.5 Å². The molecule has 0 saturated carbocycles.